The van der Waals surface area contributed by atoms with Gasteiger partial charge in [-0.05, 0) is 0 Å². The van der Waals surface area contributed by atoms with Crippen molar-refractivity contribution in [1.82, 2.24) is 0 Å². The summed E-state index contributed by atoms with van der Waals surface area (Å²) in [5, 5.41) is 12.0. The quantitative estimate of drug-likeness (QED) is 0.336. The van der Waals surface area contributed by atoms with Gasteiger partial charge in [0.1, 0.15) is 0 Å². The second kappa shape index (κ2) is 52.3. The minimum Gasteiger partial charge on any atom is -0.255 e. The Bertz CT molecular complexity index is 7.61. The van der Waals surface area contributed by atoms with Crippen LogP contribution in [0.25, 0.3) is 0 Å². The molecular formula is H2Co2NiO2. The summed E-state index contributed by atoms with van der Waals surface area (Å²) in [5.74, 6) is 0. The first-order valence-electron chi connectivity index (χ1n) is 0.200. The van der Waals surface area contributed by atoms with Gasteiger partial charge < -0.3 is 0 Å². The molecule has 0 aromatic carbocycles. The van der Waals surface area contributed by atoms with E-state index in [-0.39, 0.29) is 50.0 Å². The Morgan fingerprint density at radius 2 is 0.800 bits per heavy atom. The topological polar surface area (TPSA) is 40.5 Å². The SMILES string of the molecule is OO.[Co].[Co].[Ni]. The average Bonchev–Trinajstić information content (AvgIpc) is 1.00. The molecule has 0 heterocycles. The van der Waals surface area contributed by atoms with E-state index in [0.29, 0.717) is 0 Å². The van der Waals surface area contributed by atoms with E-state index in [2.05, 4.69) is 0 Å². The Labute approximate surface area is 60.6 Å². The van der Waals surface area contributed by atoms with Gasteiger partial charge in [0.05, 0.1) is 0 Å². The fourth-order valence-corrected chi connectivity index (χ4v) is 0. The van der Waals surface area contributed by atoms with Gasteiger partial charge in [-0.2, -0.15) is 0 Å². The average molecular weight is 211 g/mol. The van der Waals surface area contributed by atoms with Gasteiger partial charge in [-0.15, -0.1) is 0 Å². The molecule has 0 atom stereocenters. The molecule has 0 unspecified atom stereocenters. The van der Waals surface area contributed by atoms with E-state index in [1.165, 1.54) is 0 Å². The molecule has 5 heavy (non-hydrogen) atoms. The summed E-state index contributed by atoms with van der Waals surface area (Å²) >= 11 is 0. The zero-order chi connectivity index (χ0) is 2.00. The normalized spacial score (nSPS) is 1.20. The molecule has 2 radical (unpaired) electrons. The molecule has 42 valence electrons. The fourth-order valence-electron chi connectivity index (χ4n) is 0. The maximum atomic E-state index is 6.00. The van der Waals surface area contributed by atoms with Crippen LogP contribution in [0.15, 0.2) is 0 Å². The van der Waals surface area contributed by atoms with Crippen LogP contribution in [0.5, 0.6) is 0 Å². The monoisotopic (exact) mass is 210 g/mol. The van der Waals surface area contributed by atoms with Gasteiger partial charge in [-0.25, -0.2) is 0 Å². The molecule has 0 saturated heterocycles. The molecule has 2 nitrogen and oxygen atoms in total. The predicted octanol–water partition coefficient (Wildman–Crippen LogP) is 0.00990. The van der Waals surface area contributed by atoms with E-state index in [4.69, 9.17) is 10.5 Å². The summed E-state index contributed by atoms with van der Waals surface area (Å²) in [6.45, 7) is 0. The molecule has 0 aromatic rings. The second-order valence-electron chi connectivity index (χ2n) is 0. The van der Waals surface area contributed by atoms with Crippen LogP contribution in [0.3, 0.4) is 0 Å². The van der Waals surface area contributed by atoms with Crippen LogP contribution >= 0.6 is 0 Å². The Morgan fingerprint density at radius 1 is 0.800 bits per heavy atom. The van der Waals surface area contributed by atoms with Crippen molar-refractivity contribution in [1.29, 1.82) is 0 Å². The van der Waals surface area contributed by atoms with Crippen LogP contribution in [-0.4, -0.2) is 10.5 Å². The zero-order valence-electron chi connectivity index (χ0n) is 1.88. The van der Waals surface area contributed by atoms with E-state index in [1.807, 2.05) is 0 Å². The molecule has 0 aromatic heterocycles. The van der Waals surface area contributed by atoms with Crippen LogP contribution < -0.4 is 0 Å². The molecule has 0 bridgehead atoms. The van der Waals surface area contributed by atoms with E-state index in [1.54, 1.807) is 0 Å². The largest absolute Gasteiger partial charge is 0.255 e. The van der Waals surface area contributed by atoms with Crippen molar-refractivity contribution in [2.75, 3.05) is 0 Å². The summed E-state index contributed by atoms with van der Waals surface area (Å²) in [7, 11) is 0. The van der Waals surface area contributed by atoms with Crippen LogP contribution in [0.2, 0.25) is 0 Å². The predicted molar refractivity (Wildman–Crippen MR) is 5.26 cm³/mol. The van der Waals surface area contributed by atoms with Crippen LogP contribution in [0, 0.1) is 0 Å². The minimum atomic E-state index is 0. The Morgan fingerprint density at radius 3 is 0.800 bits per heavy atom. The molecule has 0 fully saturated rings. The van der Waals surface area contributed by atoms with Gasteiger partial charge >= 0.3 is 0 Å². The third-order valence-corrected chi connectivity index (χ3v) is 0. The van der Waals surface area contributed by atoms with Crippen LogP contribution in [0.4, 0.5) is 0 Å². The van der Waals surface area contributed by atoms with E-state index in [0.717, 1.165) is 0 Å². The Hall–Kier alpha value is 1.43. The van der Waals surface area contributed by atoms with Gasteiger partial charge in [0.25, 0.3) is 0 Å². The summed E-state index contributed by atoms with van der Waals surface area (Å²) in [5.41, 5.74) is 0. The fraction of sp³-hybridized carbons (Fsp3) is 0. The summed E-state index contributed by atoms with van der Waals surface area (Å²) in [6.07, 6.45) is 0. The van der Waals surface area contributed by atoms with E-state index >= 15 is 0 Å². The Kier molecular flexibility index (Phi) is 336. The van der Waals surface area contributed by atoms with Crippen molar-refractivity contribution in [3.05, 3.63) is 0 Å². The smallest absolute Gasteiger partial charge is 0 e. The molecule has 0 saturated carbocycles. The first kappa shape index (κ1) is 32.1. The van der Waals surface area contributed by atoms with Crippen molar-refractivity contribution < 1.29 is 60.6 Å². The second-order valence-corrected chi connectivity index (χ2v) is 0. The van der Waals surface area contributed by atoms with Gasteiger partial charge in [0, 0.05) is 50.0 Å². The molecule has 5 heteroatoms. The molecule has 0 aliphatic rings. The number of hydrogen-bond donors (Lipinski definition) is 2. The van der Waals surface area contributed by atoms with E-state index < -0.39 is 0 Å². The first-order valence-corrected chi connectivity index (χ1v) is 0.200. The number of rotatable bonds is 0. The first-order chi connectivity index (χ1) is 1.00. The maximum absolute atomic E-state index is 6.00. The van der Waals surface area contributed by atoms with Crippen molar-refractivity contribution >= 4 is 0 Å². The van der Waals surface area contributed by atoms with Crippen LogP contribution in [0.1, 0.15) is 0 Å². The number of hydrogen-bond acceptors (Lipinski definition) is 2. The zero-order valence-corrected chi connectivity index (χ0v) is 4.95. The van der Waals surface area contributed by atoms with Gasteiger partial charge in [-0.1, -0.05) is 0 Å². The van der Waals surface area contributed by atoms with Gasteiger partial charge in [0.15, 0.2) is 0 Å². The van der Waals surface area contributed by atoms with Crippen molar-refractivity contribution in [3.8, 4) is 0 Å². The standard InChI is InChI=1S/2Co.Ni.H2O2/c;;;1-2/h;;;1-2H. The summed E-state index contributed by atoms with van der Waals surface area (Å²) in [4.78, 5) is 0. The molecular weight excluding hydrogens is 209 g/mol. The maximum Gasteiger partial charge on any atom is 0 e. The van der Waals surface area contributed by atoms with Gasteiger partial charge in [-0.3, -0.25) is 10.5 Å². The van der Waals surface area contributed by atoms with Crippen molar-refractivity contribution in [3.63, 3.8) is 0 Å². The third-order valence-electron chi connectivity index (χ3n) is 0. The van der Waals surface area contributed by atoms with Gasteiger partial charge in [0.2, 0.25) is 0 Å². The molecule has 0 aliphatic heterocycles. The van der Waals surface area contributed by atoms with Crippen molar-refractivity contribution in [2.24, 2.45) is 0 Å². The molecule has 0 aliphatic carbocycles. The minimum absolute atomic E-state index is 0. The molecule has 2 N–H and O–H groups in total. The van der Waals surface area contributed by atoms with Crippen molar-refractivity contribution in [2.45, 2.75) is 0 Å². The Balaban J connectivity index is -0.00000000167. The third kappa shape index (κ3) is 31.3. The molecule has 0 rings (SSSR count). The molecule has 0 spiro atoms. The van der Waals surface area contributed by atoms with E-state index in [9.17, 15) is 0 Å². The van der Waals surface area contributed by atoms with Crippen LogP contribution in [-0.2, 0) is 50.0 Å². The molecule has 0 amide bonds. The summed E-state index contributed by atoms with van der Waals surface area (Å²) in [6, 6.07) is 0. The summed E-state index contributed by atoms with van der Waals surface area (Å²) < 4.78 is 0.